The van der Waals surface area contributed by atoms with E-state index in [0.29, 0.717) is 11.8 Å². The Morgan fingerprint density at radius 2 is 1.25 bits per heavy atom. The van der Waals surface area contributed by atoms with Gasteiger partial charge in [0.25, 0.3) is 0 Å². The number of carbonyl (C=O) groups excluding carboxylic acids is 2. The largest absolute Gasteiger partial charge is 0.354 e. The number of aromatic nitrogens is 1. The Morgan fingerprint density at radius 3 is 1.66 bits per heavy atom. The van der Waals surface area contributed by atoms with Crippen molar-refractivity contribution in [2.24, 2.45) is 0 Å². The van der Waals surface area contributed by atoms with Crippen LogP contribution in [0.4, 0.5) is 20.2 Å². The minimum absolute atomic E-state index is 0.137. The lowest BCUT2D eigenvalue weighted by Gasteiger charge is -2.14. The number of carbonyl (C=O) groups is 2. The van der Waals surface area contributed by atoms with Gasteiger partial charge in [-0.25, -0.2) is 8.78 Å². The van der Waals surface area contributed by atoms with Crippen LogP contribution in [0.2, 0.25) is 0 Å². The lowest BCUT2D eigenvalue weighted by molar-refractivity contribution is -0.115. The lowest BCUT2D eigenvalue weighted by Crippen LogP contribution is -2.07. The van der Waals surface area contributed by atoms with Crippen molar-refractivity contribution in [1.29, 1.82) is 0 Å². The zero-order valence-corrected chi connectivity index (χ0v) is 17.8. The molecule has 164 valence electrons. The number of hydrogen-bond acceptors (Lipinski definition) is 2. The first-order valence-electron chi connectivity index (χ1n) is 10.7. The molecule has 5 rings (SSSR count). The maximum absolute atomic E-state index is 14.2. The summed E-state index contributed by atoms with van der Waals surface area (Å²) in [5, 5.41) is 5.09. The molecule has 0 aliphatic heterocycles. The van der Waals surface area contributed by atoms with Crippen molar-refractivity contribution in [3.05, 3.63) is 59.2 Å². The van der Waals surface area contributed by atoms with Crippen molar-refractivity contribution in [3.63, 3.8) is 0 Å². The number of halogens is 2. The molecule has 2 amide bonds. The van der Waals surface area contributed by atoms with Crippen molar-refractivity contribution >= 4 is 23.2 Å². The molecule has 1 heterocycles. The third-order valence-corrected chi connectivity index (χ3v) is 6.46. The first-order chi connectivity index (χ1) is 15.3. The Labute approximate surface area is 184 Å². The predicted octanol–water partition coefficient (Wildman–Crippen LogP) is 5.91. The van der Waals surface area contributed by atoms with Gasteiger partial charge in [0.1, 0.15) is 11.6 Å². The van der Waals surface area contributed by atoms with Crippen LogP contribution in [0.15, 0.2) is 36.4 Å². The van der Waals surface area contributed by atoms with E-state index in [2.05, 4.69) is 15.6 Å². The fourth-order valence-corrected chi connectivity index (χ4v) is 5.27. The highest BCUT2D eigenvalue weighted by atomic mass is 19.1. The van der Waals surface area contributed by atoms with Crippen LogP contribution in [0.1, 0.15) is 56.1 Å². The minimum Gasteiger partial charge on any atom is -0.354 e. The highest BCUT2D eigenvalue weighted by Gasteiger charge is 2.42. The second-order valence-electron chi connectivity index (χ2n) is 8.66. The van der Waals surface area contributed by atoms with Crippen LogP contribution in [0.25, 0.3) is 22.5 Å². The van der Waals surface area contributed by atoms with Crippen LogP contribution >= 0.6 is 0 Å². The number of amides is 2. The smallest absolute Gasteiger partial charge is 0.221 e. The summed E-state index contributed by atoms with van der Waals surface area (Å²) in [6.07, 6.45) is 3.27. The Balaban J connectivity index is 1.66. The quantitative estimate of drug-likeness (QED) is 0.477. The molecule has 7 heteroatoms. The molecule has 0 radical (unpaired) electrons. The van der Waals surface area contributed by atoms with Crippen LogP contribution in [0, 0.1) is 11.6 Å². The van der Waals surface area contributed by atoms with Gasteiger partial charge in [-0.05, 0) is 78.6 Å². The summed E-state index contributed by atoms with van der Waals surface area (Å²) >= 11 is 0. The van der Waals surface area contributed by atoms with E-state index in [1.165, 1.54) is 37.1 Å². The number of fused-ring (bicyclic) bond motifs is 5. The van der Waals surface area contributed by atoms with Crippen LogP contribution in [-0.2, 0) is 9.59 Å². The number of H-pyrrole nitrogens is 1. The van der Waals surface area contributed by atoms with Gasteiger partial charge in [-0.15, -0.1) is 0 Å². The van der Waals surface area contributed by atoms with E-state index in [-0.39, 0.29) is 23.2 Å². The number of nitrogens with one attached hydrogen (secondary N) is 3. The molecule has 1 fully saturated rings. The van der Waals surface area contributed by atoms with Gasteiger partial charge in [0.15, 0.2) is 0 Å². The average molecular weight is 435 g/mol. The third-order valence-electron chi connectivity index (χ3n) is 6.46. The zero-order valence-electron chi connectivity index (χ0n) is 17.8. The third kappa shape index (κ3) is 3.38. The van der Waals surface area contributed by atoms with Crippen LogP contribution in [0.5, 0.6) is 0 Å². The fourth-order valence-electron chi connectivity index (χ4n) is 5.27. The van der Waals surface area contributed by atoms with E-state index in [1.807, 2.05) is 0 Å². The Bertz CT molecular complexity index is 1170. The van der Waals surface area contributed by atoms with Gasteiger partial charge in [-0.2, -0.15) is 0 Å². The summed E-state index contributed by atoms with van der Waals surface area (Å²) in [6.45, 7) is 2.69. The molecule has 3 N–H and O–H groups in total. The molecular formula is C25H23F2N3O2. The number of aromatic amines is 1. The highest BCUT2D eigenvalue weighted by Crippen LogP contribution is 2.58. The van der Waals surface area contributed by atoms with Crippen LogP contribution < -0.4 is 10.6 Å². The Morgan fingerprint density at radius 1 is 0.812 bits per heavy atom. The maximum atomic E-state index is 14.2. The molecule has 2 bridgehead atoms. The summed E-state index contributed by atoms with van der Waals surface area (Å²) in [4.78, 5) is 26.5. The monoisotopic (exact) mass is 435 g/mol. The summed E-state index contributed by atoms with van der Waals surface area (Å²) in [5.41, 5.74) is 6.10. The summed E-state index contributed by atoms with van der Waals surface area (Å²) in [6, 6.07) is 9.41. The van der Waals surface area contributed by atoms with Crippen molar-refractivity contribution in [2.45, 2.75) is 44.9 Å². The van der Waals surface area contributed by atoms with Crippen LogP contribution in [0.3, 0.4) is 0 Å². The molecule has 2 aromatic carbocycles. The number of hydrogen-bond donors (Lipinski definition) is 3. The Hall–Kier alpha value is -3.48. The topological polar surface area (TPSA) is 74.0 Å². The molecule has 1 saturated carbocycles. The molecule has 0 unspecified atom stereocenters. The van der Waals surface area contributed by atoms with E-state index in [1.54, 1.807) is 24.3 Å². The van der Waals surface area contributed by atoms with Gasteiger partial charge in [-0.1, -0.05) is 0 Å². The molecular weight excluding hydrogens is 412 g/mol. The van der Waals surface area contributed by atoms with E-state index < -0.39 is 11.6 Å². The lowest BCUT2D eigenvalue weighted by atomic mass is 9.89. The summed E-state index contributed by atoms with van der Waals surface area (Å²) in [5.74, 6) is -0.831. The molecule has 2 aliphatic rings. The summed E-state index contributed by atoms with van der Waals surface area (Å²) in [7, 11) is 0. The molecule has 32 heavy (non-hydrogen) atoms. The standard InChI is InChI=1S/C25H23F2N3O2/c1-12(31)28-20-10-16(5-7-18(20)26)24-22-14-3-4-15(9-14)23(22)25(30-24)17-6-8-19(27)21(11-17)29-13(2)32/h5-8,10-11,14-15,30H,3-4,9H2,1-2H3,(H,28,31)(H,29,32)/t14-,15+. The zero-order chi connectivity index (χ0) is 22.6. The van der Waals surface area contributed by atoms with Gasteiger partial charge >= 0.3 is 0 Å². The van der Waals surface area contributed by atoms with Crippen molar-refractivity contribution in [1.82, 2.24) is 4.98 Å². The number of benzene rings is 2. The van der Waals surface area contributed by atoms with Crippen LogP contribution in [-0.4, -0.2) is 16.8 Å². The van der Waals surface area contributed by atoms with Gasteiger partial charge in [-0.3, -0.25) is 9.59 Å². The second kappa shape index (κ2) is 7.58. The van der Waals surface area contributed by atoms with Crippen molar-refractivity contribution in [3.8, 4) is 22.5 Å². The van der Waals surface area contributed by atoms with Gasteiger partial charge in [0, 0.05) is 36.4 Å². The second-order valence-corrected chi connectivity index (χ2v) is 8.66. The average Bonchev–Trinajstić information content (AvgIpc) is 3.43. The van der Waals surface area contributed by atoms with Gasteiger partial charge in [0.2, 0.25) is 11.8 Å². The van der Waals surface area contributed by atoms with Gasteiger partial charge in [0.05, 0.1) is 11.4 Å². The van der Waals surface area contributed by atoms with E-state index in [0.717, 1.165) is 41.8 Å². The van der Waals surface area contributed by atoms with Gasteiger partial charge < -0.3 is 15.6 Å². The van der Waals surface area contributed by atoms with E-state index in [4.69, 9.17) is 0 Å². The first-order valence-corrected chi connectivity index (χ1v) is 10.7. The fraction of sp³-hybridized carbons (Fsp3) is 0.280. The molecule has 0 spiro atoms. The first kappa shape index (κ1) is 20.4. The number of rotatable bonds is 4. The SMILES string of the molecule is CC(=O)Nc1cc(-c2[nH]c(-c3ccc(F)c(NC(C)=O)c3)c3c2[C@@H]2CC[C@H]3C2)ccc1F. The molecule has 1 aromatic heterocycles. The molecule has 3 aromatic rings. The van der Waals surface area contributed by atoms with E-state index >= 15 is 0 Å². The minimum atomic E-state index is -0.493. The molecule has 2 atom stereocenters. The van der Waals surface area contributed by atoms with Crippen molar-refractivity contribution < 1.29 is 18.4 Å². The summed E-state index contributed by atoms with van der Waals surface area (Å²) < 4.78 is 28.5. The maximum Gasteiger partial charge on any atom is 0.221 e. The molecule has 2 aliphatic carbocycles. The normalized spacial score (nSPS) is 18.5. The molecule has 0 saturated heterocycles. The van der Waals surface area contributed by atoms with Crippen molar-refractivity contribution in [2.75, 3.05) is 10.6 Å². The number of anilines is 2. The predicted molar refractivity (Wildman–Crippen MR) is 120 cm³/mol. The van der Waals surface area contributed by atoms with E-state index in [9.17, 15) is 18.4 Å². The molecule has 5 nitrogen and oxygen atoms in total. The highest BCUT2D eigenvalue weighted by molar-refractivity contribution is 5.91. The Kier molecular flexibility index (Phi) is 4.84.